The monoisotopic (exact) mass is 316 g/mol. The van der Waals surface area contributed by atoms with Gasteiger partial charge in [0.05, 0.1) is 30.1 Å². The van der Waals surface area contributed by atoms with Crippen molar-refractivity contribution < 1.29 is 14.7 Å². The molecule has 2 rings (SSSR count). The molecule has 0 spiro atoms. The largest absolute Gasteiger partial charge is 0.481 e. The van der Waals surface area contributed by atoms with Gasteiger partial charge in [-0.3, -0.25) is 9.59 Å². The summed E-state index contributed by atoms with van der Waals surface area (Å²) in [4.78, 5) is 26.8. The maximum atomic E-state index is 12.9. The Labute approximate surface area is 134 Å². The zero-order valence-electron chi connectivity index (χ0n) is 13.4. The quantitative estimate of drug-likeness (QED) is 0.879. The Kier molecular flexibility index (Phi) is 5.10. The highest BCUT2D eigenvalue weighted by atomic mass is 16.4. The molecule has 0 fully saturated rings. The second kappa shape index (κ2) is 7.04. The number of rotatable bonds is 6. The number of hydrogen-bond donors (Lipinski definition) is 1. The molecule has 0 saturated carbocycles. The summed E-state index contributed by atoms with van der Waals surface area (Å²) in [5.74, 6) is -1.15. The number of carbonyl (C=O) groups is 2. The lowest BCUT2D eigenvalue weighted by Crippen LogP contribution is -2.40. The Morgan fingerprint density at radius 3 is 2.52 bits per heavy atom. The predicted octanol–water partition coefficient (Wildman–Crippen LogP) is 1.90. The third kappa shape index (κ3) is 3.74. The van der Waals surface area contributed by atoms with Crippen molar-refractivity contribution in [3.63, 3.8) is 0 Å². The van der Waals surface area contributed by atoms with Crippen molar-refractivity contribution >= 4 is 11.9 Å². The number of amides is 1. The van der Waals surface area contributed by atoms with Crippen molar-refractivity contribution in [3.8, 4) is 5.69 Å². The molecule has 0 unspecified atom stereocenters. The average Bonchev–Trinajstić information content (AvgIpc) is 3.01. The van der Waals surface area contributed by atoms with Gasteiger partial charge in [-0.15, -0.1) is 0 Å². The molecule has 0 aliphatic heterocycles. The van der Waals surface area contributed by atoms with Gasteiger partial charge in [0.25, 0.3) is 5.91 Å². The van der Waals surface area contributed by atoms with Gasteiger partial charge in [0, 0.05) is 12.6 Å². The highest BCUT2D eigenvalue weighted by Gasteiger charge is 2.25. The number of carboxylic acid groups (broad SMARTS) is 1. The van der Waals surface area contributed by atoms with E-state index in [4.69, 9.17) is 5.11 Å². The Hall–Kier alpha value is -2.70. The number of aryl methyl sites for hydroxylation is 1. The molecule has 1 heterocycles. The summed E-state index contributed by atoms with van der Waals surface area (Å²) in [7, 11) is 0. The van der Waals surface area contributed by atoms with Crippen LogP contribution in [0.3, 0.4) is 0 Å². The van der Waals surface area contributed by atoms with Crippen LogP contribution in [0.2, 0.25) is 0 Å². The Morgan fingerprint density at radius 1 is 1.30 bits per heavy atom. The Bertz CT molecular complexity index is 697. The lowest BCUT2D eigenvalue weighted by molar-refractivity contribution is -0.138. The summed E-state index contributed by atoms with van der Waals surface area (Å²) in [5, 5.41) is 17.1. The number of aromatic nitrogens is 3. The first-order chi connectivity index (χ1) is 10.9. The van der Waals surface area contributed by atoms with E-state index in [1.54, 1.807) is 36.4 Å². The van der Waals surface area contributed by atoms with Crippen LogP contribution in [-0.2, 0) is 4.79 Å². The predicted molar refractivity (Wildman–Crippen MR) is 84.5 cm³/mol. The molecule has 122 valence electrons. The topological polar surface area (TPSA) is 88.3 Å². The second-order valence-electron chi connectivity index (χ2n) is 5.38. The van der Waals surface area contributed by atoms with Crippen LogP contribution in [0.1, 0.15) is 36.2 Å². The number of benzene rings is 1. The van der Waals surface area contributed by atoms with E-state index < -0.39 is 12.0 Å². The van der Waals surface area contributed by atoms with Crippen molar-refractivity contribution in [2.45, 2.75) is 33.2 Å². The minimum absolute atomic E-state index is 0.0965. The molecule has 7 nitrogen and oxygen atoms in total. The molecule has 7 heteroatoms. The first kappa shape index (κ1) is 16.7. The van der Waals surface area contributed by atoms with Gasteiger partial charge in [-0.05, 0) is 32.9 Å². The molecular formula is C16H20N4O3. The lowest BCUT2D eigenvalue weighted by Gasteiger charge is -2.28. The van der Waals surface area contributed by atoms with Crippen molar-refractivity contribution in [1.29, 1.82) is 0 Å². The minimum atomic E-state index is -0.929. The zero-order valence-corrected chi connectivity index (χ0v) is 13.4. The van der Waals surface area contributed by atoms with Gasteiger partial charge >= 0.3 is 5.97 Å². The molecule has 1 atom stereocenters. The van der Waals surface area contributed by atoms with E-state index >= 15 is 0 Å². The molecule has 1 N–H and O–H groups in total. The van der Waals surface area contributed by atoms with E-state index in [9.17, 15) is 9.59 Å². The molecule has 0 aliphatic rings. The van der Waals surface area contributed by atoms with Crippen LogP contribution < -0.4 is 0 Å². The van der Waals surface area contributed by atoms with E-state index in [0.717, 1.165) is 5.56 Å². The van der Waals surface area contributed by atoms with Gasteiger partial charge in [-0.2, -0.15) is 15.0 Å². The smallest absolute Gasteiger partial charge is 0.305 e. The van der Waals surface area contributed by atoms with Crippen LogP contribution in [-0.4, -0.2) is 49.5 Å². The number of carbonyl (C=O) groups excluding carboxylic acids is 1. The van der Waals surface area contributed by atoms with Crippen LogP contribution in [0, 0.1) is 6.92 Å². The molecular weight excluding hydrogens is 296 g/mol. The van der Waals surface area contributed by atoms with E-state index in [0.29, 0.717) is 17.8 Å². The summed E-state index contributed by atoms with van der Waals surface area (Å²) in [6.07, 6.45) is 2.98. The highest BCUT2D eigenvalue weighted by Crippen LogP contribution is 2.19. The van der Waals surface area contributed by atoms with Crippen LogP contribution >= 0.6 is 0 Å². The van der Waals surface area contributed by atoms with Gasteiger partial charge < -0.3 is 10.0 Å². The van der Waals surface area contributed by atoms with Crippen molar-refractivity contribution in [2.75, 3.05) is 6.54 Å². The van der Waals surface area contributed by atoms with Gasteiger partial charge in [0.15, 0.2) is 0 Å². The van der Waals surface area contributed by atoms with E-state index in [-0.39, 0.29) is 12.3 Å². The molecule has 2 aromatic rings. The van der Waals surface area contributed by atoms with Crippen LogP contribution in [0.15, 0.2) is 30.6 Å². The van der Waals surface area contributed by atoms with E-state index in [1.807, 2.05) is 19.9 Å². The molecule has 23 heavy (non-hydrogen) atoms. The molecule has 0 saturated heterocycles. The molecule has 1 aromatic carbocycles. The average molecular weight is 316 g/mol. The Morgan fingerprint density at radius 2 is 1.96 bits per heavy atom. The Balaban J connectivity index is 2.41. The van der Waals surface area contributed by atoms with Crippen molar-refractivity contribution in [3.05, 3.63) is 41.7 Å². The number of nitrogens with zero attached hydrogens (tertiary/aromatic N) is 4. The van der Waals surface area contributed by atoms with Crippen molar-refractivity contribution in [2.24, 2.45) is 0 Å². The normalized spacial score (nSPS) is 12.0. The van der Waals surface area contributed by atoms with Crippen LogP contribution in [0.5, 0.6) is 0 Å². The van der Waals surface area contributed by atoms with E-state index in [2.05, 4.69) is 10.2 Å². The van der Waals surface area contributed by atoms with Crippen LogP contribution in [0.25, 0.3) is 5.69 Å². The van der Waals surface area contributed by atoms with Crippen LogP contribution in [0.4, 0.5) is 0 Å². The van der Waals surface area contributed by atoms with Gasteiger partial charge in [-0.25, -0.2) is 0 Å². The van der Waals surface area contributed by atoms with Crippen molar-refractivity contribution in [1.82, 2.24) is 19.9 Å². The highest BCUT2D eigenvalue weighted by molar-refractivity contribution is 5.98. The summed E-state index contributed by atoms with van der Waals surface area (Å²) in [5.41, 5.74) is 1.97. The molecule has 1 aromatic heterocycles. The number of carboxylic acids is 1. The molecule has 1 amide bonds. The second-order valence-corrected chi connectivity index (χ2v) is 5.38. The summed E-state index contributed by atoms with van der Waals surface area (Å²) in [6, 6.07) is 5.05. The van der Waals surface area contributed by atoms with Gasteiger partial charge in [-0.1, -0.05) is 11.6 Å². The molecule has 0 bridgehead atoms. The van der Waals surface area contributed by atoms with E-state index in [1.165, 1.54) is 4.80 Å². The third-order valence-electron chi connectivity index (χ3n) is 3.62. The number of aliphatic carboxylic acids is 1. The lowest BCUT2D eigenvalue weighted by atomic mass is 10.1. The minimum Gasteiger partial charge on any atom is -0.481 e. The fourth-order valence-electron chi connectivity index (χ4n) is 2.51. The summed E-state index contributed by atoms with van der Waals surface area (Å²) in [6.45, 7) is 5.89. The zero-order chi connectivity index (χ0) is 17.0. The maximum Gasteiger partial charge on any atom is 0.305 e. The molecule has 0 radical (unpaired) electrons. The van der Waals surface area contributed by atoms with Gasteiger partial charge in [0.1, 0.15) is 0 Å². The maximum absolute atomic E-state index is 12.9. The van der Waals surface area contributed by atoms with Gasteiger partial charge in [0.2, 0.25) is 0 Å². The number of hydrogen-bond acceptors (Lipinski definition) is 4. The molecule has 0 aliphatic carbocycles. The third-order valence-corrected chi connectivity index (χ3v) is 3.62. The fourth-order valence-corrected chi connectivity index (χ4v) is 2.51. The fraction of sp³-hybridized carbons (Fsp3) is 0.375. The summed E-state index contributed by atoms with van der Waals surface area (Å²) >= 11 is 0. The first-order valence-corrected chi connectivity index (χ1v) is 7.44. The summed E-state index contributed by atoms with van der Waals surface area (Å²) < 4.78 is 0. The standard InChI is InChI=1S/C16H20N4O3/c1-4-19(12(3)10-15(21)22)16(23)13-9-11(2)5-6-14(13)20-17-7-8-18-20/h5-9,12H,4,10H2,1-3H3,(H,21,22)/t12-/m0/s1. The first-order valence-electron chi connectivity index (χ1n) is 7.44. The SMILES string of the molecule is CCN(C(=O)c1cc(C)ccc1-n1nccn1)[C@@H](C)CC(=O)O.